The van der Waals surface area contributed by atoms with Gasteiger partial charge in [-0.2, -0.15) is 5.26 Å². The first-order valence-electron chi connectivity index (χ1n) is 6.82. The molecule has 1 amide bonds. The van der Waals surface area contributed by atoms with Gasteiger partial charge < -0.3 is 14.8 Å². The molecule has 1 unspecified atom stereocenters. The summed E-state index contributed by atoms with van der Waals surface area (Å²) in [6.45, 7) is 7.24. The van der Waals surface area contributed by atoms with E-state index in [1.165, 1.54) is 0 Å². The van der Waals surface area contributed by atoms with E-state index in [1.54, 1.807) is 20.1 Å². The lowest BCUT2D eigenvalue weighted by Gasteiger charge is -2.27. The van der Waals surface area contributed by atoms with Gasteiger partial charge in [-0.15, -0.1) is 0 Å². The topological polar surface area (TPSA) is 71.3 Å². The van der Waals surface area contributed by atoms with Gasteiger partial charge in [0.05, 0.1) is 13.2 Å². The molecular weight excluding hydrogens is 268 g/mol. The van der Waals surface area contributed by atoms with E-state index in [9.17, 15) is 10.1 Å². The fourth-order valence-electron chi connectivity index (χ4n) is 1.66. The highest BCUT2D eigenvalue weighted by molar-refractivity contribution is 5.79. The molecule has 0 aliphatic heterocycles. The van der Waals surface area contributed by atoms with Crippen LogP contribution < -0.4 is 14.8 Å². The zero-order valence-corrected chi connectivity index (χ0v) is 13.2. The van der Waals surface area contributed by atoms with Gasteiger partial charge in [0, 0.05) is 0 Å². The quantitative estimate of drug-likeness (QED) is 0.873. The number of nitriles is 1. The Hall–Kier alpha value is -2.22. The second-order valence-electron chi connectivity index (χ2n) is 5.46. The van der Waals surface area contributed by atoms with Crippen molar-refractivity contribution in [3.05, 3.63) is 23.8 Å². The highest BCUT2D eigenvalue weighted by Gasteiger charge is 2.30. The zero-order valence-electron chi connectivity index (χ0n) is 13.2. The Morgan fingerprint density at radius 3 is 2.62 bits per heavy atom. The number of hydrogen-bond donors (Lipinski definition) is 1. The number of ether oxygens (including phenoxy) is 2. The van der Waals surface area contributed by atoms with Crippen LogP contribution in [-0.4, -0.2) is 25.2 Å². The molecule has 0 saturated heterocycles. The van der Waals surface area contributed by atoms with Crippen molar-refractivity contribution in [2.24, 2.45) is 5.92 Å². The molecule has 0 aromatic heterocycles. The molecule has 5 heteroatoms. The molecule has 0 spiro atoms. The molecule has 0 aliphatic rings. The van der Waals surface area contributed by atoms with Crippen LogP contribution in [0.25, 0.3) is 0 Å². The molecule has 1 N–H and O–H groups in total. The van der Waals surface area contributed by atoms with Gasteiger partial charge in [-0.3, -0.25) is 4.79 Å². The van der Waals surface area contributed by atoms with Crippen LogP contribution in [0.1, 0.15) is 26.3 Å². The van der Waals surface area contributed by atoms with E-state index in [0.29, 0.717) is 11.5 Å². The molecule has 21 heavy (non-hydrogen) atoms. The van der Waals surface area contributed by atoms with E-state index < -0.39 is 5.54 Å². The number of benzene rings is 1. The summed E-state index contributed by atoms with van der Waals surface area (Å²) < 4.78 is 10.7. The Morgan fingerprint density at radius 1 is 1.43 bits per heavy atom. The van der Waals surface area contributed by atoms with Crippen LogP contribution in [0.2, 0.25) is 0 Å². The first-order valence-corrected chi connectivity index (χ1v) is 6.82. The Labute approximate surface area is 125 Å². The highest BCUT2D eigenvalue weighted by atomic mass is 16.5. The van der Waals surface area contributed by atoms with Crippen LogP contribution >= 0.6 is 0 Å². The molecular formula is C16H22N2O3. The number of carbonyl (C=O) groups is 1. The summed E-state index contributed by atoms with van der Waals surface area (Å²) >= 11 is 0. The first kappa shape index (κ1) is 16.8. The van der Waals surface area contributed by atoms with Crippen LogP contribution in [0.4, 0.5) is 0 Å². The molecule has 0 bridgehead atoms. The van der Waals surface area contributed by atoms with Crippen molar-refractivity contribution < 1.29 is 14.3 Å². The van der Waals surface area contributed by atoms with Gasteiger partial charge >= 0.3 is 0 Å². The molecule has 5 nitrogen and oxygen atoms in total. The summed E-state index contributed by atoms with van der Waals surface area (Å²) in [6.07, 6.45) is 0. The fourth-order valence-corrected chi connectivity index (χ4v) is 1.66. The van der Waals surface area contributed by atoms with Crippen LogP contribution in [0, 0.1) is 24.2 Å². The van der Waals surface area contributed by atoms with E-state index in [0.717, 1.165) is 5.56 Å². The standard InChI is InChI=1S/C16H22N2O3/c1-11(2)16(4,10-17)18-15(19)9-21-13-7-6-12(3)8-14(13)20-5/h6-8,11H,9H2,1-5H3,(H,18,19). The maximum Gasteiger partial charge on any atom is 0.259 e. The Bertz CT molecular complexity index is 549. The van der Waals surface area contributed by atoms with E-state index in [1.807, 2.05) is 32.9 Å². The van der Waals surface area contributed by atoms with Gasteiger partial charge in [0.25, 0.3) is 5.91 Å². The fraction of sp³-hybridized carbons (Fsp3) is 0.500. The Morgan fingerprint density at radius 2 is 2.10 bits per heavy atom. The number of hydrogen-bond acceptors (Lipinski definition) is 4. The monoisotopic (exact) mass is 290 g/mol. The van der Waals surface area contributed by atoms with Crippen molar-refractivity contribution in [1.29, 1.82) is 5.26 Å². The van der Waals surface area contributed by atoms with Crippen LogP contribution in [0.5, 0.6) is 11.5 Å². The second kappa shape index (κ2) is 6.98. The molecule has 114 valence electrons. The normalized spacial score (nSPS) is 13.2. The molecule has 0 radical (unpaired) electrons. The second-order valence-corrected chi connectivity index (χ2v) is 5.46. The number of methoxy groups -OCH3 is 1. The zero-order chi connectivity index (χ0) is 16.0. The highest BCUT2D eigenvalue weighted by Crippen LogP contribution is 2.27. The third-order valence-electron chi connectivity index (χ3n) is 3.46. The SMILES string of the molecule is COc1cc(C)ccc1OCC(=O)NC(C)(C#N)C(C)C. The van der Waals surface area contributed by atoms with Crippen molar-refractivity contribution in [3.8, 4) is 17.6 Å². The smallest absolute Gasteiger partial charge is 0.259 e. The van der Waals surface area contributed by atoms with E-state index in [4.69, 9.17) is 9.47 Å². The summed E-state index contributed by atoms with van der Waals surface area (Å²) in [5, 5.41) is 11.9. The number of rotatable bonds is 6. The van der Waals surface area contributed by atoms with E-state index in [-0.39, 0.29) is 18.4 Å². The lowest BCUT2D eigenvalue weighted by Crippen LogP contribution is -2.50. The molecule has 1 rings (SSSR count). The van der Waals surface area contributed by atoms with Gasteiger partial charge in [-0.25, -0.2) is 0 Å². The van der Waals surface area contributed by atoms with Gasteiger partial charge in [0.15, 0.2) is 18.1 Å². The first-order chi connectivity index (χ1) is 9.82. The van der Waals surface area contributed by atoms with Gasteiger partial charge in [0.1, 0.15) is 5.54 Å². The van der Waals surface area contributed by atoms with Crippen molar-refractivity contribution in [2.45, 2.75) is 33.2 Å². The third kappa shape index (κ3) is 4.38. The molecule has 0 heterocycles. The Balaban J connectivity index is 2.68. The number of nitrogens with one attached hydrogen (secondary N) is 1. The molecule has 0 saturated carbocycles. The predicted molar refractivity (Wildman–Crippen MR) is 80.2 cm³/mol. The molecule has 1 aromatic rings. The molecule has 0 aliphatic carbocycles. The summed E-state index contributed by atoms with van der Waals surface area (Å²) in [5.41, 5.74) is 0.137. The minimum absolute atomic E-state index is 0.000334. The van der Waals surface area contributed by atoms with Crippen LogP contribution in [-0.2, 0) is 4.79 Å². The molecule has 1 atom stereocenters. The maximum absolute atomic E-state index is 11.9. The number of carbonyl (C=O) groups excluding carboxylic acids is 1. The number of nitrogens with zero attached hydrogens (tertiary/aromatic N) is 1. The number of aryl methyl sites for hydroxylation is 1. The summed E-state index contributed by atoms with van der Waals surface area (Å²) in [5.74, 6) is 0.743. The Kier molecular flexibility index (Phi) is 5.60. The predicted octanol–water partition coefficient (Wildman–Crippen LogP) is 2.44. The van der Waals surface area contributed by atoms with Crippen molar-refractivity contribution in [2.75, 3.05) is 13.7 Å². The van der Waals surface area contributed by atoms with E-state index in [2.05, 4.69) is 11.4 Å². The lowest BCUT2D eigenvalue weighted by molar-refractivity contribution is -0.124. The summed E-state index contributed by atoms with van der Waals surface area (Å²) in [6, 6.07) is 7.59. The van der Waals surface area contributed by atoms with E-state index >= 15 is 0 Å². The minimum atomic E-state index is -0.905. The van der Waals surface area contributed by atoms with Crippen molar-refractivity contribution >= 4 is 5.91 Å². The minimum Gasteiger partial charge on any atom is -0.493 e. The maximum atomic E-state index is 11.9. The average Bonchev–Trinajstić information content (AvgIpc) is 2.45. The van der Waals surface area contributed by atoms with Crippen LogP contribution in [0.3, 0.4) is 0 Å². The number of amides is 1. The van der Waals surface area contributed by atoms with Crippen molar-refractivity contribution in [1.82, 2.24) is 5.32 Å². The lowest BCUT2D eigenvalue weighted by atomic mass is 9.90. The third-order valence-corrected chi connectivity index (χ3v) is 3.46. The molecule has 0 fully saturated rings. The average molecular weight is 290 g/mol. The molecule has 1 aromatic carbocycles. The van der Waals surface area contributed by atoms with Gasteiger partial charge in [0.2, 0.25) is 0 Å². The van der Waals surface area contributed by atoms with Crippen LogP contribution in [0.15, 0.2) is 18.2 Å². The van der Waals surface area contributed by atoms with Gasteiger partial charge in [-0.1, -0.05) is 19.9 Å². The largest absolute Gasteiger partial charge is 0.493 e. The summed E-state index contributed by atoms with van der Waals surface area (Å²) in [4.78, 5) is 11.9. The van der Waals surface area contributed by atoms with Gasteiger partial charge in [-0.05, 0) is 37.5 Å². The summed E-state index contributed by atoms with van der Waals surface area (Å²) in [7, 11) is 1.55. The van der Waals surface area contributed by atoms with Crippen molar-refractivity contribution in [3.63, 3.8) is 0 Å².